The molecule has 0 bridgehead atoms. The summed E-state index contributed by atoms with van der Waals surface area (Å²) in [5.74, 6) is 0.220. The van der Waals surface area contributed by atoms with Gasteiger partial charge in [-0.1, -0.05) is 0 Å². The van der Waals surface area contributed by atoms with Gasteiger partial charge in [-0.2, -0.15) is 0 Å². The van der Waals surface area contributed by atoms with Gasteiger partial charge in [0.2, 0.25) is 5.88 Å². The van der Waals surface area contributed by atoms with E-state index in [4.69, 9.17) is 8.85 Å². The third kappa shape index (κ3) is 2.40. The Morgan fingerprint density at radius 1 is 1.42 bits per heavy atom. The second kappa shape index (κ2) is 5.55. The topological polar surface area (TPSA) is 55.3 Å². The van der Waals surface area contributed by atoms with Crippen LogP contribution in [-0.2, 0) is 6.54 Å². The second-order valence-electron chi connectivity index (χ2n) is 6.61. The van der Waals surface area contributed by atoms with Crippen LogP contribution in [0, 0.1) is 19.8 Å². The van der Waals surface area contributed by atoms with Crippen LogP contribution in [0.3, 0.4) is 0 Å². The number of methoxy groups -OCH3 is 1. The minimum atomic E-state index is -2.67. The Labute approximate surface area is 149 Å². The van der Waals surface area contributed by atoms with Gasteiger partial charge in [0.1, 0.15) is 5.56 Å². The molecule has 0 aromatic carbocycles. The molecule has 6 heteroatoms. The van der Waals surface area contributed by atoms with Gasteiger partial charge in [-0.05, 0) is 51.2 Å². The molecule has 1 aliphatic carbocycles. The molecule has 1 aliphatic heterocycles. The molecule has 0 radical (unpaired) electrons. The monoisotopic (exact) mass is 346 g/mol. The van der Waals surface area contributed by atoms with E-state index in [-0.39, 0.29) is 23.4 Å². The molecule has 3 heterocycles. The first-order valence-corrected chi connectivity index (χ1v) is 8.94. The molecule has 0 saturated heterocycles. The van der Waals surface area contributed by atoms with Crippen molar-refractivity contribution in [2.24, 2.45) is 5.92 Å². The lowest BCUT2D eigenvalue weighted by Crippen LogP contribution is -2.34. The molecule has 0 unspecified atom stereocenters. The number of ether oxygens (including phenoxy) is 1. The molecule has 4 rings (SSSR count). The van der Waals surface area contributed by atoms with Crippen molar-refractivity contribution in [1.82, 2.24) is 14.9 Å². The number of rotatable bonds is 4. The van der Waals surface area contributed by atoms with Crippen molar-refractivity contribution in [3.8, 4) is 16.5 Å². The van der Waals surface area contributed by atoms with Gasteiger partial charge in [0.05, 0.1) is 32.4 Å². The van der Waals surface area contributed by atoms with E-state index in [9.17, 15) is 4.79 Å². The zero-order valence-corrected chi connectivity index (χ0v) is 14.7. The molecule has 1 saturated carbocycles. The second-order valence-corrected chi connectivity index (χ2v) is 7.81. The van der Waals surface area contributed by atoms with Crippen molar-refractivity contribution < 1.29 is 13.6 Å². The number of carbonyl (C=O) groups is 1. The predicted molar refractivity (Wildman–Crippen MR) is 93.4 cm³/mol. The number of aromatic nitrogens is 2. The zero-order chi connectivity index (χ0) is 19.5. The van der Waals surface area contributed by atoms with Gasteiger partial charge in [-0.15, -0.1) is 11.3 Å². The number of thiazole rings is 1. The van der Waals surface area contributed by atoms with Crippen LogP contribution in [0.15, 0.2) is 6.07 Å². The fraction of sp³-hybridized carbons (Fsp3) is 0.500. The van der Waals surface area contributed by atoms with Gasteiger partial charge < -0.3 is 9.64 Å². The first-order chi connectivity index (χ1) is 12.6. The first-order valence-electron chi connectivity index (χ1n) is 9.62. The highest BCUT2D eigenvalue weighted by Crippen LogP contribution is 2.41. The largest absolute Gasteiger partial charge is 0.480 e. The Bertz CT molecular complexity index is 921. The fourth-order valence-electron chi connectivity index (χ4n) is 3.45. The van der Waals surface area contributed by atoms with Gasteiger partial charge in [0, 0.05) is 12.6 Å². The van der Waals surface area contributed by atoms with Crippen LogP contribution < -0.4 is 4.74 Å². The SMILES string of the molecule is [2H]C([2H])([2H])Oc1nc(-c2sc(C)nc2C)cc2c1C(=O)N([C@@H](C)C1CC1)C2. The highest BCUT2D eigenvalue weighted by atomic mass is 32.1. The summed E-state index contributed by atoms with van der Waals surface area (Å²) in [5, 5.41) is 0.906. The number of nitrogens with zero attached hydrogens (tertiary/aromatic N) is 3. The number of hydrogen-bond donors (Lipinski definition) is 0. The molecule has 0 spiro atoms. The van der Waals surface area contributed by atoms with E-state index in [0.717, 1.165) is 34.0 Å². The third-order valence-corrected chi connectivity index (χ3v) is 6.01. The minimum Gasteiger partial charge on any atom is -0.480 e. The smallest absolute Gasteiger partial charge is 0.260 e. The lowest BCUT2D eigenvalue weighted by atomic mass is 10.1. The van der Waals surface area contributed by atoms with Crippen LogP contribution in [0.1, 0.15) is 50.5 Å². The summed E-state index contributed by atoms with van der Waals surface area (Å²) in [4.78, 5) is 24.5. The maximum atomic E-state index is 13.0. The van der Waals surface area contributed by atoms with E-state index in [1.807, 2.05) is 24.8 Å². The van der Waals surface area contributed by atoms with Crippen molar-refractivity contribution >= 4 is 17.2 Å². The van der Waals surface area contributed by atoms with Crippen LogP contribution in [0.2, 0.25) is 0 Å². The quantitative estimate of drug-likeness (QED) is 0.849. The van der Waals surface area contributed by atoms with Gasteiger partial charge in [-0.3, -0.25) is 4.79 Å². The molecular formula is C18H21N3O2S. The Kier molecular flexibility index (Phi) is 2.87. The van der Waals surface area contributed by atoms with Crippen LogP contribution in [0.4, 0.5) is 0 Å². The van der Waals surface area contributed by atoms with E-state index in [1.54, 1.807) is 0 Å². The van der Waals surface area contributed by atoms with E-state index in [1.165, 1.54) is 11.3 Å². The van der Waals surface area contributed by atoms with Crippen molar-refractivity contribution in [2.75, 3.05) is 7.04 Å². The molecule has 2 aromatic rings. The van der Waals surface area contributed by atoms with Crippen LogP contribution in [0.25, 0.3) is 10.6 Å². The lowest BCUT2D eigenvalue weighted by Gasteiger charge is -2.23. The standard InChI is InChI=1S/C18H21N3O2S/c1-9-16(24-11(3)19-9)14-7-13-8-21(10(2)12-5-6-12)18(22)15(13)17(20-14)23-4/h7,10,12H,5-6,8H2,1-4H3/t10-/m0/s1/i4D3. The summed E-state index contributed by atoms with van der Waals surface area (Å²) < 4.78 is 27.6. The average molecular weight is 346 g/mol. The summed E-state index contributed by atoms with van der Waals surface area (Å²) in [6, 6.07) is 2.00. The Morgan fingerprint density at radius 3 is 2.83 bits per heavy atom. The molecule has 24 heavy (non-hydrogen) atoms. The van der Waals surface area contributed by atoms with Crippen molar-refractivity contribution in [1.29, 1.82) is 0 Å². The molecule has 5 nitrogen and oxygen atoms in total. The average Bonchev–Trinajstić information content (AvgIpc) is 3.27. The van der Waals surface area contributed by atoms with Crippen molar-refractivity contribution in [2.45, 2.75) is 46.2 Å². The summed E-state index contributed by atoms with van der Waals surface area (Å²) in [5.41, 5.74) is 2.48. The summed E-state index contributed by atoms with van der Waals surface area (Å²) >= 11 is 1.49. The van der Waals surface area contributed by atoms with E-state index >= 15 is 0 Å². The molecule has 2 aromatic heterocycles. The number of fused-ring (bicyclic) bond motifs is 1. The molecule has 1 fully saturated rings. The summed E-state index contributed by atoms with van der Waals surface area (Å²) in [6.45, 7) is 6.31. The normalized spacial score (nSPS) is 20.4. The summed E-state index contributed by atoms with van der Waals surface area (Å²) in [7, 11) is -2.67. The van der Waals surface area contributed by atoms with Crippen molar-refractivity contribution in [3.05, 3.63) is 27.9 Å². The van der Waals surface area contributed by atoms with E-state index in [2.05, 4.69) is 16.9 Å². The molecule has 0 N–H and O–H groups in total. The van der Waals surface area contributed by atoms with Gasteiger partial charge in [0.15, 0.2) is 0 Å². The number of aryl methyl sites for hydroxylation is 2. The highest BCUT2D eigenvalue weighted by molar-refractivity contribution is 7.15. The Hall–Kier alpha value is -1.95. The number of carbonyl (C=O) groups excluding carboxylic acids is 1. The van der Waals surface area contributed by atoms with E-state index in [0.29, 0.717) is 18.2 Å². The van der Waals surface area contributed by atoms with Gasteiger partial charge in [0.25, 0.3) is 5.91 Å². The molecule has 1 atom stereocenters. The molecule has 126 valence electrons. The minimum absolute atomic E-state index is 0.108. The Morgan fingerprint density at radius 2 is 2.21 bits per heavy atom. The van der Waals surface area contributed by atoms with Crippen molar-refractivity contribution in [3.63, 3.8) is 0 Å². The Balaban J connectivity index is 1.80. The predicted octanol–water partition coefficient (Wildman–Crippen LogP) is 3.58. The van der Waals surface area contributed by atoms with Crippen LogP contribution in [0.5, 0.6) is 5.88 Å². The molecule has 2 aliphatic rings. The highest BCUT2D eigenvalue weighted by Gasteiger charge is 2.40. The number of amides is 1. The third-order valence-electron chi connectivity index (χ3n) is 4.91. The van der Waals surface area contributed by atoms with Gasteiger partial charge >= 0.3 is 0 Å². The number of hydrogen-bond acceptors (Lipinski definition) is 5. The number of pyridine rings is 1. The van der Waals surface area contributed by atoms with Crippen LogP contribution >= 0.6 is 11.3 Å². The fourth-order valence-corrected chi connectivity index (χ4v) is 4.33. The van der Waals surface area contributed by atoms with E-state index < -0.39 is 7.04 Å². The lowest BCUT2D eigenvalue weighted by molar-refractivity contribution is 0.0695. The maximum Gasteiger partial charge on any atom is 0.260 e. The molecule has 1 amide bonds. The molecular weight excluding hydrogens is 322 g/mol. The van der Waals surface area contributed by atoms with Gasteiger partial charge in [-0.25, -0.2) is 9.97 Å². The zero-order valence-electron chi connectivity index (χ0n) is 16.9. The van der Waals surface area contributed by atoms with Crippen LogP contribution in [-0.4, -0.2) is 33.9 Å². The maximum absolute atomic E-state index is 13.0. The summed E-state index contributed by atoms with van der Waals surface area (Å²) in [6.07, 6.45) is 2.26. The first kappa shape index (κ1) is 12.4.